The SMILES string of the molecule is Cc1ccc(-n2cnnc2SC(C)C(=O)Nc2ccc(N3CCOCC3)cc2)cc1Cl. The molecular weight excluding hydrogens is 434 g/mol. The highest BCUT2D eigenvalue weighted by atomic mass is 35.5. The number of nitrogens with one attached hydrogen (secondary N) is 1. The lowest BCUT2D eigenvalue weighted by molar-refractivity contribution is -0.115. The number of halogens is 1. The molecule has 0 saturated carbocycles. The van der Waals surface area contributed by atoms with Crippen molar-refractivity contribution in [2.75, 3.05) is 36.5 Å². The maximum absolute atomic E-state index is 12.7. The molecule has 4 rings (SSSR count). The third-order valence-corrected chi connectivity index (χ3v) is 6.58. The molecule has 1 aliphatic heterocycles. The Morgan fingerprint density at radius 2 is 1.87 bits per heavy atom. The fraction of sp³-hybridized carbons (Fsp3) is 0.318. The van der Waals surface area contributed by atoms with Crippen LogP contribution in [0.1, 0.15) is 12.5 Å². The van der Waals surface area contributed by atoms with Gasteiger partial charge in [0.05, 0.1) is 24.2 Å². The average molecular weight is 458 g/mol. The predicted molar refractivity (Wildman–Crippen MR) is 125 cm³/mol. The van der Waals surface area contributed by atoms with Crippen molar-refractivity contribution in [1.82, 2.24) is 14.8 Å². The van der Waals surface area contributed by atoms with Gasteiger partial charge in [0, 0.05) is 29.5 Å². The van der Waals surface area contributed by atoms with Gasteiger partial charge in [-0.3, -0.25) is 9.36 Å². The molecule has 1 unspecified atom stereocenters. The molecular formula is C22H24ClN5O2S. The van der Waals surface area contributed by atoms with E-state index in [9.17, 15) is 4.79 Å². The number of ether oxygens (including phenoxy) is 1. The van der Waals surface area contributed by atoms with Gasteiger partial charge >= 0.3 is 0 Å². The Morgan fingerprint density at radius 3 is 2.58 bits per heavy atom. The Labute approximate surface area is 190 Å². The molecule has 1 N–H and O–H groups in total. The molecule has 1 aromatic heterocycles. The highest BCUT2D eigenvalue weighted by Gasteiger charge is 2.19. The smallest absolute Gasteiger partial charge is 0.237 e. The number of nitrogens with zero attached hydrogens (tertiary/aromatic N) is 4. The first-order chi connectivity index (χ1) is 15.0. The number of rotatable bonds is 6. The molecule has 2 heterocycles. The van der Waals surface area contributed by atoms with Gasteiger partial charge in [-0.25, -0.2) is 0 Å². The molecule has 0 aliphatic carbocycles. The highest BCUT2D eigenvalue weighted by molar-refractivity contribution is 8.00. The number of carbonyl (C=O) groups excluding carboxylic acids is 1. The van der Waals surface area contributed by atoms with Gasteiger partial charge in [0.2, 0.25) is 5.91 Å². The second kappa shape index (κ2) is 9.72. The second-order valence-corrected chi connectivity index (χ2v) is 9.03. The summed E-state index contributed by atoms with van der Waals surface area (Å²) in [6, 6.07) is 13.7. The lowest BCUT2D eigenvalue weighted by Gasteiger charge is -2.28. The molecule has 1 amide bonds. The number of hydrogen-bond acceptors (Lipinski definition) is 6. The molecule has 9 heteroatoms. The van der Waals surface area contributed by atoms with E-state index in [0.717, 1.165) is 48.9 Å². The Morgan fingerprint density at radius 1 is 1.16 bits per heavy atom. The summed E-state index contributed by atoms with van der Waals surface area (Å²) in [6.45, 7) is 7.05. The van der Waals surface area contributed by atoms with E-state index < -0.39 is 0 Å². The Balaban J connectivity index is 1.39. The summed E-state index contributed by atoms with van der Waals surface area (Å²) in [5.74, 6) is -0.0967. The summed E-state index contributed by atoms with van der Waals surface area (Å²) in [4.78, 5) is 15.0. The van der Waals surface area contributed by atoms with Crippen LogP contribution in [0.2, 0.25) is 5.02 Å². The van der Waals surface area contributed by atoms with Crippen molar-refractivity contribution in [1.29, 1.82) is 0 Å². The van der Waals surface area contributed by atoms with Crippen molar-refractivity contribution in [3.8, 4) is 5.69 Å². The van der Waals surface area contributed by atoms with Crippen LogP contribution < -0.4 is 10.2 Å². The van der Waals surface area contributed by atoms with Crippen LogP contribution in [0.25, 0.3) is 5.69 Å². The first-order valence-corrected chi connectivity index (χ1v) is 11.3. The minimum atomic E-state index is -0.359. The maximum atomic E-state index is 12.7. The van der Waals surface area contributed by atoms with E-state index in [1.165, 1.54) is 11.8 Å². The molecule has 162 valence electrons. The first-order valence-electron chi connectivity index (χ1n) is 10.1. The summed E-state index contributed by atoms with van der Waals surface area (Å²) in [7, 11) is 0. The van der Waals surface area contributed by atoms with Crippen molar-refractivity contribution in [3.05, 3.63) is 59.4 Å². The summed E-state index contributed by atoms with van der Waals surface area (Å²) < 4.78 is 7.23. The van der Waals surface area contributed by atoms with E-state index in [0.29, 0.717) is 10.2 Å². The predicted octanol–water partition coefficient (Wildman–Crippen LogP) is 4.19. The van der Waals surface area contributed by atoms with Crippen molar-refractivity contribution >= 4 is 40.6 Å². The van der Waals surface area contributed by atoms with E-state index in [4.69, 9.17) is 16.3 Å². The molecule has 31 heavy (non-hydrogen) atoms. The topological polar surface area (TPSA) is 72.3 Å². The van der Waals surface area contributed by atoms with Crippen molar-refractivity contribution in [2.45, 2.75) is 24.3 Å². The highest BCUT2D eigenvalue weighted by Crippen LogP contribution is 2.27. The minimum absolute atomic E-state index is 0.0967. The number of aryl methyl sites for hydroxylation is 1. The number of carbonyl (C=O) groups is 1. The fourth-order valence-electron chi connectivity index (χ4n) is 3.25. The van der Waals surface area contributed by atoms with E-state index in [2.05, 4.69) is 20.4 Å². The van der Waals surface area contributed by atoms with Crippen LogP contribution in [-0.2, 0) is 9.53 Å². The van der Waals surface area contributed by atoms with Gasteiger partial charge in [-0.15, -0.1) is 10.2 Å². The fourth-order valence-corrected chi connectivity index (χ4v) is 4.26. The van der Waals surface area contributed by atoms with Crippen LogP contribution in [0.4, 0.5) is 11.4 Å². The molecule has 0 bridgehead atoms. The van der Waals surface area contributed by atoms with E-state index in [1.807, 2.05) is 60.9 Å². The number of hydrogen-bond donors (Lipinski definition) is 1. The molecule has 1 aliphatic rings. The van der Waals surface area contributed by atoms with Gasteiger partial charge in [-0.2, -0.15) is 0 Å². The van der Waals surface area contributed by atoms with Gasteiger partial charge in [0.25, 0.3) is 0 Å². The third kappa shape index (κ3) is 5.20. The monoisotopic (exact) mass is 457 g/mol. The largest absolute Gasteiger partial charge is 0.378 e. The quantitative estimate of drug-likeness (QED) is 0.560. The first kappa shape index (κ1) is 21.7. The number of thioether (sulfide) groups is 1. The third-order valence-electron chi connectivity index (χ3n) is 5.11. The molecule has 2 aromatic carbocycles. The number of morpholine rings is 1. The molecule has 1 saturated heterocycles. The van der Waals surface area contributed by atoms with Crippen LogP contribution >= 0.6 is 23.4 Å². The van der Waals surface area contributed by atoms with Gasteiger partial charge in [0.15, 0.2) is 5.16 Å². The van der Waals surface area contributed by atoms with Gasteiger partial charge < -0.3 is 15.0 Å². The van der Waals surface area contributed by atoms with E-state index >= 15 is 0 Å². The molecule has 0 radical (unpaired) electrons. The molecule has 1 atom stereocenters. The zero-order valence-electron chi connectivity index (χ0n) is 17.4. The van der Waals surface area contributed by atoms with Crippen molar-refractivity contribution < 1.29 is 9.53 Å². The van der Waals surface area contributed by atoms with Gasteiger partial charge in [-0.05, 0) is 55.8 Å². The van der Waals surface area contributed by atoms with Crippen molar-refractivity contribution in [3.63, 3.8) is 0 Å². The molecule has 7 nitrogen and oxygen atoms in total. The molecule has 3 aromatic rings. The Hall–Kier alpha value is -2.55. The maximum Gasteiger partial charge on any atom is 0.237 e. The van der Waals surface area contributed by atoms with Crippen LogP contribution in [0, 0.1) is 6.92 Å². The van der Waals surface area contributed by atoms with Crippen molar-refractivity contribution in [2.24, 2.45) is 0 Å². The minimum Gasteiger partial charge on any atom is -0.378 e. The zero-order chi connectivity index (χ0) is 21.8. The number of amides is 1. The second-order valence-electron chi connectivity index (χ2n) is 7.31. The number of anilines is 2. The summed E-state index contributed by atoms with van der Waals surface area (Å²) >= 11 is 7.60. The average Bonchev–Trinajstić information content (AvgIpc) is 3.25. The van der Waals surface area contributed by atoms with Crippen LogP contribution in [-0.4, -0.2) is 52.2 Å². The molecule has 1 fully saturated rings. The van der Waals surface area contributed by atoms with E-state index in [1.54, 1.807) is 6.33 Å². The van der Waals surface area contributed by atoms with Gasteiger partial charge in [-0.1, -0.05) is 29.4 Å². The van der Waals surface area contributed by atoms with Crippen LogP contribution in [0.3, 0.4) is 0 Å². The summed E-state index contributed by atoms with van der Waals surface area (Å²) in [5.41, 5.74) is 3.75. The van der Waals surface area contributed by atoms with Crippen LogP contribution in [0.5, 0.6) is 0 Å². The lowest BCUT2D eigenvalue weighted by Crippen LogP contribution is -2.36. The number of benzene rings is 2. The number of aromatic nitrogens is 3. The normalized spacial score (nSPS) is 15.0. The summed E-state index contributed by atoms with van der Waals surface area (Å²) in [6.07, 6.45) is 1.62. The summed E-state index contributed by atoms with van der Waals surface area (Å²) in [5, 5.41) is 12.1. The lowest BCUT2D eigenvalue weighted by atomic mass is 10.2. The standard InChI is InChI=1S/C22H24ClN5O2S/c1-15-3-6-19(13-20(15)23)28-14-24-26-22(28)31-16(2)21(29)25-17-4-7-18(8-5-17)27-9-11-30-12-10-27/h3-8,13-14,16H,9-12H2,1-2H3,(H,25,29). The molecule has 0 spiro atoms. The van der Waals surface area contributed by atoms with Crippen LogP contribution in [0.15, 0.2) is 53.9 Å². The Bertz CT molecular complexity index is 1050. The Kier molecular flexibility index (Phi) is 6.80. The zero-order valence-corrected chi connectivity index (χ0v) is 19.0. The van der Waals surface area contributed by atoms with Gasteiger partial charge in [0.1, 0.15) is 6.33 Å². The van der Waals surface area contributed by atoms with E-state index in [-0.39, 0.29) is 11.2 Å².